The molecular formula is C30H23BrN2O4. The minimum absolute atomic E-state index is 0.159. The van der Waals surface area contributed by atoms with E-state index in [9.17, 15) is 14.4 Å². The van der Waals surface area contributed by atoms with Gasteiger partial charge in [0.05, 0.1) is 5.69 Å². The molecule has 184 valence electrons. The molecule has 5 rings (SSSR count). The van der Waals surface area contributed by atoms with Gasteiger partial charge in [-0.15, -0.1) is 0 Å². The number of halogens is 1. The van der Waals surface area contributed by atoms with Gasteiger partial charge in [-0.1, -0.05) is 70.5 Å². The zero-order valence-corrected chi connectivity index (χ0v) is 21.8. The lowest BCUT2D eigenvalue weighted by Crippen LogP contribution is -2.54. The molecule has 4 amide bonds. The van der Waals surface area contributed by atoms with E-state index in [0.29, 0.717) is 23.6 Å². The van der Waals surface area contributed by atoms with Crippen molar-refractivity contribution in [2.75, 3.05) is 4.90 Å². The number of nitrogens with zero attached hydrogens (tertiary/aromatic N) is 1. The number of hydrogen-bond donors (Lipinski definition) is 1. The SMILES string of the molecule is Cc1ccc(C)c(N2C(=O)NC(=O)/C(=C\c3cc(Br)ccc3OCc3cccc4ccccc34)C2=O)c1. The molecule has 1 heterocycles. The number of benzene rings is 4. The molecule has 0 saturated carbocycles. The van der Waals surface area contributed by atoms with Crippen molar-refractivity contribution in [2.45, 2.75) is 20.5 Å². The number of urea groups is 1. The van der Waals surface area contributed by atoms with Crippen LogP contribution >= 0.6 is 15.9 Å². The van der Waals surface area contributed by atoms with Crippen LogP contribution in [-0.4, -0.2) is 17.8 Å². The summed E-state index contributed by atoms with van der Waals surface area (Å²) in [4.78, 5) is 39.9. The van der Waals surface area contributed by atoms with Gasteiger partial charge in [0.2, 0.25) is 0 Å². The first-order valence-electron chi connectivity index (χ1n) is 11.7. The molecule has 0 bridgehead atoms. The largest absolute Gasteiger partial charge is 0.488 e. The van der Waals surface area contributed by atoms with Crippen LogP contribution in [0.25, 0.3) is 16.8 Å². The van der Waals surface area contributed by atoms with E-state index in [1.165, 1.54) is 6.08 Å². The van der Waals surface area contributed by atoms with Gasteiger partial charge in [-0.05, 0) is 71.7 Å². The molecule has 1 N–H and O–H groups in total. The fraction of sp³-hybridized carbons (Fsp3) is 0.100. The van der Waals surface area contributed by atoms with Crippen molar-refractivity contribution in [2.24, 2.45) is 0 Å². The van der Waals surface area contributed by atoms with Crippen molar-refractivity contribution in [3.63, 3.8) is 0 Å². The maximum atomic E-state index is 13.5. The number of fused-ring (bicyclic) bond motifs is 1. The van der Waals surface area contributed by atoms with E-state index >= 15 is 0 Å². The first-order chi connectivity index (χ1) is 17.8. The summed E-state index contributed by atoms with van der Waals surface area (Å²) >= 11 is 3.46. The second kappa shape index (κ2) is 10.0. The highest BCUT2D eigenvalue weighted by molar-refractivity contribution is 9.10. The van der Waals surface area contributed by atoms with Crippen molar-refractivity contribution < 1.29 is 19.1 Å². The lowest BCUT2D eigenvalue weighted by molar-refractivity contribution is -0.122. The molecule has 0 spiro atoms. The molecule has 4 aromatic carbocycles. The van der Waals surface area contributed by atoms with Gasteiger partial charge in [0.25, 0.3) is 11.8 Å². The highest BCUT2D eigenvalue weighted by atomic mass is 79.9. The number of nitrogens with one attached hydrogen (secondary N) is 1. The summed E-state index contributed by atoms with van der Waals surface area (Å²) in [5.41, 5.74) is 3.45. The van der Waals surface area contributed by atoms with E-state index < -0.39 is 17.8 Å². The number of barbiturate groups is 1. The Balaban J connectivity index is 1.50. The monoisotopic (exact) mass is 554 g/mol. The van der Waals surface area contributed by atoms with Crippen LogP contribution in [0.3, 0.4) is 0 Å². The molecule has 0 atom stereocenters. The van der Waals surface area contributed by atoms with Gasteiger partial charge in [0.15, 0.2) is 0 Å². The quantitative estimate of drug-likeness (QED) is 0.227. The minimum atomic E-state index is -0.775. The maximum absolute atomic E-state index is 13.5. The summed E-state index contributed by atoms with van der Waals surface area (Å²) in [6, 6.07) is 24.2. The smallest absolute Gasteiger partial charge is 0.335 e. The average molecular weight is 555 g/mol. The normalized spacial score (nSPS) is 14.8. The summed E-state index contributed by atoms with van der Waals surface area (Å²) in [6.45, 7) is 3.98. The van der Waals surface area contributed by atoms with Gasteiger partial charge < -0.3 is 4.74 Å². The van der Waals surface area contributed by atoms with Crippen molar-refractivity contribution in [3.8, 4) is 5.75 Å². The Hall–Kier alpha value is -4.23. The molecule has 0 unspecified atom stereocenters. The number of rotatable bonds is 5. The Bertz CT molecular complexity index is 1600. The molecule has 37 heavy (non-hydrogen) atoms. The number of carbonyl (C=O) groups excluding carboxylic acids is 3. The van der Waals surface area contributed by atoms with Gasteiger partial charge >= 0.3 is 6.03 Å². The van der Waals surface area contributed by atoms with Crippen LogP contribution in [0.2, 0.25) is 0 Å². The third-order valence-electron chi connectivity index (χ3n) is 6.24. The first-order valence-corrected chi connectivity index (χ1v) is 12.5. The van der Waals surface area contributed by atoms with E-state index in [1.807, 2.05) is 74.5 Å². The van der Waals surface area contributed by atoms with Crippen LogP contribution in [0.15, 0.2) is 88.9 Å². The van der Waals surface area contributed by atoms with Crippen LogP contribution in [-0.2, 0) is 16.2 Å². The summed E-state index contributed by atoms with van der Waals surface area (Å²) in [5.74, 6) is -0.946. The molecule has 1 saturated heterocycles. The predicted octanol–water partition coefficient (Wildman–Crippen LogP) is 6.46. The number of imide groups is 2. The number of amides is 4. The van der Waals surface area contributed by atoms with E-state index in [2.05, 4.69) is 21.2 Å². The van der Waals surface area contributed by atoms with E-state index in [0.717, 1.165) is 36.8 Å². The fourth-order valence-corrected chi connectivity index (χ4v) is 4.71. The zero-order chi connectivity index (χ0) is 26.1. The van der Waals surface area contributed by atoms with Gasteiger partial charge in [-0.25, -0.2) is 9.69 Å². The first kappa shape index (κ1) is 24.5. The maximum Gasteiger partial charge on any atom is 0.335 e. The van der Waals surface area contributed by atoms with Crippen LogP contribution in [0.4, 0.5) is 10.5 Å². The minimum Gasteiger partial charge on any atom is -0.488 e. The van der Waals surface area contributed by atoms with Crippen molar-refractivity contribution >= 4 is 56.3 Å². The second-order valence-electron chi connectivity index (χ2n) is 8.86. The van der Waals surface area contributed by atoms with E-state index in [1.54, 1.807) is 18.2 Å². The Labute approximate surface area is 222 Å². The second-order valence-corrected chi connectivity index (χ2v) is 9.77. The van der Waals surface area contributed by atoms with Crippen molar-refractivity contribution in [1.82, 2.24) is 5.32 Å². The molecule has 0 radical (unpaired) electrons. The van der Waals surface area contributed by atoms with Crippen LogP contribution in [0.5, 0.6) is 5.75 Å². The van der Waals surface area contributed by atoms with Gasteiger partial charge in [0, 0.05) is 10.0 Å². The molecule has 1 fully saturated rings. The van der Waals surface area contributed by atoms with Crippen molar-refractivity contribution in [1.29, 1.82) is 0 Å². The van der Waals surface area contributed by atoms with Crippen LogP contribution < -0.4 is 15.0 Å². The third kappa shape index (κ3) is 4.90. The van der Waals surface area contributed by atoms with Gasteiger partial charge in [0.1, 0.15) is 17.9 Å². The molecule has 7 heteroatoms. The topological polar surface area (TPSA) is 75.7 Å². The Morgan fingerprint density at radius 2 is 1.70 bits per heavy atom. The Morgan fingerprint density at radius 1 is 0.919 bits per heavy atom. The van der Waals surface area contributed by atoms with E-state index in [4.69, 9.17) is 4.74 Å². The predicted molar refractivity (Wildman–Crippen MR) is 147 cm³/mol. The highest BCUT2D eigenvalue weighted by Crippen LogP contribution is 2.30. The standard InChI is InChI=1S/C30H23BrN2O4/c1-18-10-11-19(2)26(14-18)33-29(35)25(28(34)32-30(33)36)16-22-15-23(31)12-13-27(22)37-17-21-8-5-7-20-6-3-4-9-24(20)21/h3-16H,17H2,1-2H3,(H,32,34,36)/b25-16+. The lowest BCUT2D eigenvalue weighted by atomic mass is 10.0. The molecular weight excluding hydrogens is 532 g/mol. The summed E-state index contributed by atoms with van der Waals surface area (Å²) < 4.78 is 6.93. The molecule has 4 aromatic rings. The number of anilines is 1. The lowest BCUT2D eigenvalue weighted by Gasteiger charge is -2.28. The number of hydrogen-bond acceptors (Lipinski definition) is 4. The van der Waals surface area contributed by atoms with Crippen LogP contribution in [0, 0.1) is 13.8 Å². The summed E-state index contributed by atoms with van der Waals surface area (Å²) in [6.07, 6.45) is 1.46. The molecule has 1 aliphatic heterocycles. The zero-order valence-electron chi connectivity index (χ0n) is 20.2. The van der Waals surface area contributed by atoms with Crippen molar-refractivity contribution in [3.05, 3.63) is 111 Å². The molecule has 6 nitrogen and oxygen atoms in total. The number of ether oxygens (including phenoxy) is 1. The van der Waals surface area contributed by atoms with E-state index in [-0.39, 0.29) is 5.57 Å². The summed E-state index contributed by atoms with van der Waals surface area (Å²) in [7, 11) is 0. The summed E-state index contributed by atoms with van der Waals surface area (Å²) in [5, 5.41) is 4.50. The fourth-order valence-electron chi connectivity index (χ4n) is 4.33. The Kier molecular flexibility index (Phi) is 6.63. The van der Waals surface area contributed by atoms with Gasteiger partial charge in [-0.2, -0.15) is 0 Å². The molecule has 0 aliphatic carbocycles. The molecule has 1 aliphatic rings. The highest BCUT2D eigenvalue weighted by Gasteiger charge is 2.37. The molecule has 0 aromatic heterocycles. The average Bonchev–Trinajstić information content (AvgIpc) is 2.88. The number of aryl methyl sites for hydroxylation is 2. The Morgan fingerprint density at radius 3 is 2.54 bits per heavy atom. The van der Waals surface area contributed by atoms with Gasteiger partial charge in [-0.3, -0.25) is 14.9 Å². The third-order valence-corrected chi connectivity index (χ3v) is 6.74. The van der Waals surface area contributed by atoms with Crippen LogP contribution in [0.1, 0.15) is 22.3 Å². The number of carbonyl (C=O) groups is 3.